The first-order valence-electron chi connectivity index (χ1n) is 7.78. The fraction of sp³-hybridized carbons (Fsp3) is 0.0476. The lowest BCUT2D eigenvalue weighted by atomic mass is 10.1. The number of aromatic nitrogens is 1. The van der Waals surface area contributed by atoms with E-state index in [-0.39, 0.29) is 0 Å². The van der Waals surface area contributed by atoms with Gasteiger partial charge >= 0.3 is 0 Å². The van der Waals surface area contributed by atoms with Crippen LogP contribution in [0.15, 0.2) is 66.7 Å². The highest BCUT2D eigenvalue weighted by atomic mass is 14.9. The van der Waals surface area contributed by atoms with Crippen LogP contribution in [0.25, 0.3) is 38.4 Å². The second-order valence-electron chi connectivity index (χ2n) is 6.22. The van der Waals surface area contributed by atoms with Crippen LogP contribution < -0.4 is 0 Å². The maximum atomic E-state index is 2.49. The van der Waals surface area contributed by atoms with E-state index in [0.29, 0.717) is 0 Å². The van der Waals surface area contributed by atoms with Crippen molar-refractivity contribution in [3.8, 4) is 11.3 Å². The topological polar surface area (TPSA) is 4.41 Å². The Hall–Kier alpha value is -2.80. The Morgan fingerprint density at radius 1 is 0.682 bits per heavy atom. The lowest BCUT2D eigenvalue weighted by Gasteiger charge is -2.02. The van der Waals surface area contributed by atoms with E-state index in [9.17, 15) is 0 Å². The molecule has 0 radical (unpaired) electrons. The predicted octanol–water partition coefficient (Wildman–Crippen LogP) is 5.25. The molecule has 0 fully saturated rings. The van der Waals surface area contributed by atoms with Gasteiger partial charge in [0.25, 0.3) is 0 Å². The van der Waals surface area contributed by atoms with Gasteiger partial charge in [-0.15, -0.1) is 0 Å². The summed E-state index contributed by atoms with van der Waals surface area (Å²) in [6, 6.07) is 24.3. The summed E-state index contributed by atoms with van der Waals surface area (Å²) in [5.74, 6) is 0. The van der Waals surface area contributed by atoms with Crippen LogP contribution in [0.4, 0.5) is 0 Å². The highest BCUT2D eigenvalue weighted by Crippen LogP contribution is 2.46. The summed E-state index contributed by atoms with van der Waals surface area (Å²) in [4.78, 5) is 0. The summed E-state index contributed by atoms with van der Waals surface area (Å²) < 4.78 is 2.49. The molecule has 0 amide bonds. The van der Waals surface area contributed by atoms with Gasteiger partial charge < -0.3 is 4.40 Å². The Bertz CT molecular complexity index is 1190. The van der Waals surface area contributed by atoms with Crippen molar-refractivity contribution in [2.45, 2.75) is 6.42 Å². The van der Waals surface area contributed by atoms with Gasteiger partial charge in [-0.05, 0) is 17.2 Å². The molecule has 0 bridgehead atoms. The van der Waals surface area contributed by atoms with Crippen molar-refractivity contribution in [2.24, 2.45) is 0 Å². The van der Waals surface area contributed by atoms with E-state index in [1.807, 2.05) is 0 Å². The number of hydrogen-bond donors (Lipinski definition) is 0. The first kappa shape index (κ1) is 10.9. The molecule has 2 aromatic heterocycles. The SMILES string of the molecule is c1ccc2c(c1)Cc1c-2n2c3ccccc3c3cccc1c32. The quantitative estimate of drug-likeness (QED) is 0.357. The summed E-state index contributed by atoms with van der Waals surface area (Å²) in [5, 5.41) is 4.15. The molecule has 1 aliphatic rings. The third-order valence-corrected chi connectivity index (χ3v) is 5.17. The zero-order valence-corrected chi connectivity index (χ0v) is 12.0. The second-order valence-corrected chi connectivity index (χ2v) is 6.22. The van der Waals surface area contributed by atoms with Crippen molar-refractivity contribution in [1.29, 1.82) is 0 Å². The molecule has 1 heteroatoms. The Morgan fingerprint density at radius 3 is 2.45 bits per heavy atom. The maximum absolute atomic E-state index is 2.49. The highest BCUT2D eigenvalue weighted by Gasteiger charge is 2.27. The number of fused-ring (bicyclic) bond motifs is 8. The fourth-order valence-electron chi connectivity index (χ4n) is 4.31. The van der Waals surface area contributed by atoms with Gasteiger partial charge in [0, 0.05) is 28.1 Å². The maximum Gasteiger partial charge on any atom is 0.0617 e. The molecule has 0 spiro atoms. The van der Waals surface area contributed by atoms with Crippen molar-refractivity contribution in [3.05, 3.63) is 77.9 Å². The molecular formula is C21H13N. The minimum atomic E-state index is 1.06. The first-order chi connectivity index (χ1) is 10.9. The van der Waals surface area contributed by atoms with Crippen molar-refractivity contribution >= 4 is 27.2 Å². The summed E-state index contributed by atoms with van der Waals surface area (Å²) in [6.45, 7) is 0. The smallest absolute Gasteiger partial charge is 0.0617 e. The van der Waals surface area contributed by atoms with E-state index in [1.165, 1.54) is 49.6 Å². The van der Waals surface area contributed by atoms with Crippen LogP contribution in [0, 0.1) is 0 Å². The molecule has 5 aromatic rings. The van der Waals surface area contributed by atoms with Crippen molar-refractivity contribution in [3.63, 3.8) is 0 Å². The van der Waals surface area contributed by atoms with E-state index in [0.717, 1.165) is 6.42 Å². The van der Waals surface area contributed by atoms with Crippen molar-refractivity contribution < 1.29 is 0 Å². The van der Waals surface area contributed by atoms with Gasteiger partial charge in [-0.3, -0.25) is 0 Å². The minimum absolute atomic E-state index is 1.06. The Labute approximate surface area is 127 Å². The summed E-state index contributed by atoms with van der Waals surface area (Å²) in [7, 11) is 0. The Balaban J connectivity index is 1.98. The summed E-state index contributed by atoms with van der Waals surface area (Å²) >= 11 is 0. The molecule has 102 valence electrons. The van der Waals surface area contributed by atoms with Crippen LogP contribution >= 0.6 is 0 Å². The van der Waals surface area contributed by atoms with Gasteiger partial charge in [0.05, 0.1) is 16.7 Å². The Morgan fingerprint density at radius 2 is 1.45 bits per heavy atom. The number of hydrogen-bond acceptors (Lipinski definition) is 0. The van der Waals surface area contributed by atoms with Crippen LogP contribution in [0.2, 0.25) is 0 Å². The van der Waals surface area contributed by atoms with E-state index < -0.39 is 0 Å². The molecule has 0 unspecified atom stereocenters. The molecule has 3 aromatic carbocycles. The van der Waals surface area contributed by atoms with Gasteiger partial charge in [-0.2, -0.15) is 0 Å². The van der Waals surface area contributed by atoms with Crippen molar-refractivity contribution in [2.75, 3.05) is 0 Å². The van der Waals surface area contributed by atoms with E-state index in [1.54, 1.807) is 0 Å². The third kappa shape index (κ3) is 1.06. The minimum Gasteiger partial charge on any atom is -0.308 e. The zero-order valence-electron chi connectivity index (χ0n) is 12.0. The van der Waals surface area contributed by atoms with Crippen LogP contribution in [-0.4, -0.2) is 4.40 Å². The Kier molecular flexibility index (Phi) is 1.73. The average molecular weight is 279 g/mol. The molecule has 0 N–H and O–H groups in total. The number of para-hydroxylation sites is 2. The molecule has 0 atom stereocenters. The number of benzene rings is 3. The molecule has 1 nitrogen and oxygen atoms in total. The van der Waals surface area contributed by atoms with Crippen molar-refractivity contribution in [1.82, 2.24) is 4.40 Å². The monoisotopic (exact) mass is 279 g/mol. The lowest BCUT2D eigenvalue weighted by Crippen LogP contribution is -1.85. The summed E-state index contributed by atoms with van der Waals surface area (Å²) in [5.41, 5.74) is 8.47. The van der Waals surface area contributed by atoms with E-state index >= 15 is 0 Å². The highest BCUT2D eigenvalue weighted by molar-refractivity contribution is 6.17. The fourth-order valence-corrected chi connectivity index (χ4v) is 4.31. The normalized spacial score (nSPS) is 13.3. The standard InChI is InChI=1S/C21H13N/c1-2-7-14-13(6-1)12-18-17-10-5-9-16-15-8-3-4-11-19(15)22(20(14)18)21(16)17/h1-11H,12H2. The molecular weight excluding hydrogens is 266 g/mol. The lowest BCUT2D eigenvalue weighted by molar-refractivity contribution is 1.28. The first-order valence-corrected chi connectivity index (χ1v) is 7.78. The van der Waals surface area contributed by atoms with Crippen LogP contribution in [0.3, 0.4) is 0 Å². The van der Waals surface area contributed by atoms with Gasteiger partial charge in [-0.25, -0.2) is 0 Å². The number of nitrogens with zero attached hydrogens (tertiary/aromatic N) is 1. The van der Waals surface area contributed by atoms with Gasteiger partial charge in [-0.1, -0.05) is 60.7 Å². The molecule has 22 heavy (non-hydrogen) atoms. The van der Waals surface area contributed by atoms with Crippen LogP contribution in [-0.2, 0) is 6.42 Å². The number of rotatable bonds is 0. The molecule has 0 saturated carbocycles. The van der Waals surface area contributed by atoms with Gasteiger partial charge in [0.15, 0.2) is 0 Å². The molecule has 2 heterocycles. The zero-order chi connectivity index (χ0) is 14.3. The van der Waals surface area contributed by atoms with E-state index in [2.05, 4.69) is 71.1 Å². The molecule has 0 saturated heterocycles. The molecule has 1 aliphatic carbocycles. The van der Waals surface area contributed by atoms with Crippen LogP contribution in [0.5, 0.6) is 0 Å². The van der Waals surface area contributed by atoms with Gasteiger partial charge in [0.1, 0.15) is 0 Å². The molecule has 6 rings (SSSR count). The van der Waals surface area contributed by atoms with E-state index in [4.69, 9.17) is 0 Å². The second kappa shape index (κ2) is 3.50. The molecule has 0 aliphatic heterocycles. The van der Waals surface area contributed by atoms with Crippen LogP contribution in [0.1, 0.15) is 11.1 Å². The average Bonchev–Trinajstić information content (AvgIpc) is 3.19. The third-order valence-electron chi connectivity index (χ3n) is 5.17. The summed E-state index contributed by atoms with van der Waals surface area (Å²) in [6.07, 6.45) is 1.06. The predicted molar refractivity (Wildman–Crippen MR) is 91.8 cm³/mol. The van der Waals surface area contributed by atoms with Gasteiger partial charge in [0.2, 0.25) is 0 Å². The largest absolute Gasteiger partial charge is 0.308 e.